The van der Waals surface area contributed by atoms with Crippen LogP contribution in [0.3, 0.4) is 0 Å². The van der Waals surface area contributed by atoms with Crippen LogP contribution in [0, 0.1) is 13.8 Å². The number of carbonyl (C=O) groups excluding carboxylic acids is 1. The molecular formula is C18H19N3OS. The molecule has 118 valence electrons. The molecule has 0 aliphatic carbocycles. The Morgan fingerprint density at radius 1 is 1.22 bits per heavy atom. The first kappa shape index (κ1) is 15.5. The van der Waals surface area contributed by atoms with Gasteiger partial charge in [0.05, 0.1) is 11.4 Å². The number of rotatable bonds is 5. The number of thiophene rings is 1. The second-order valence-electron chi connectivity index (χ2n) is 5.55. The molecule has 0 radical (unpaired) electrons. The lowest BCUT2D eigenvalue weighted by molar-refractivity contribution is -0.116. The summed E-state index contributed by atoms with van der Waals surface area (Å²) >= 11 is 1.68. The van der Waals surface area contributed by atoms with E-state index in [-0.39, 0.29) is 5.91 Å². The molecule has 1 amide bonds. The molecule has 1 N–H and O–H groups in total. The van der Waals surface area contributed by atoms with Crippen LogP contribution in [0.15, 0.2) is 47.8 Å². The van der Waals surface area contributed by atoms with E-state index in [2.05, 4.69) is 16.5 Å². The first-order chi connectivity index (χ1) is 11.1. The average Bonchev–Trinajstić information content (AvgIpc) is 3.16. The van der Waals surface area contributed by atoms with Crippen molar-refractivity contribution >= 4 is 23.1 Å². The number of aryl methyl sites for hydroxylation is 3. The number of hydrogen-bond donors (Lipinski definition) is 1. The molecule has 0 aliphatic rings. The maximum Gasteiger partial charge on any atom is 0.225 e. The van der Waals surface area contributed by atoms with E-state index in [4.69, 9.17) is 0 Å². The number of hydrogen-bond acceptors (Lipinski definition) is 3. The van der Waals surface area contributed by atoms with Gasteiger partial charge >= 0.3 is 0 Å². The van der Waals surface area contributed by atoms with Crippen molar-refractivity contribution in [2.24, 2.45) is 0 Å². The second kappa shape index (κ2) is 6.79. The zero-order valence-electron chi connectivity index (χ0n) is 13.2. The van der Waals surface area contributed by atoms with Crippen LogP contribution in [0.2, 0.25) is 0 Å². The molecule has 0 bridgehead atoms. The van der Waals surface area contributed by atoms with E-state index < -0.39 is 0 Å². The van der Waals surface area contributed by atoms with Gasteiger partial charge in [-0.3, -0.25) is 4.79 Å². The zero-order valence-corrected chi connectivity index (χ0v) is 14.1. The van der Waals surface area contributed by atoms with Gasteiger partial charge in [0.1, 0.15) is 5.82 Å². The molecule has 0 atom stereocenters. The molecule has 1 aromatic carbocycles. The molecule has 4 nitrogen and oxygen atoms in total. The number of amides is 1. The molecule has 2 aromatic heterocycles. The van der Waals surface area contributed by atoms with Crippen molar-refractivity contribution in [2.75, 3.05) is 5.32 Å². The van der Waals surface area contributed by atoms with Crippen LogP contribution < -0.4 is 5.32 Å². The molecule has 2 heterocycles. The van der Waals surface area contributed by atoms with E-state index in [1.807, 2.05) is 55.6 Å². The molecule has 3 aromatic rings. The highest BCUT2D eigenvalue weighted by Crippen LogP contribution is 2.18. The molecule has 0 saturated carbocycles. The first-order valence-electron chi connectivity index (χ1n) is 7.58. The van der Waals surface area contributed by atoms with Gasteiger partial charge in [0.2, 0.25) is 5.91 Å². The molecule has 5 heteroatoms. The van der Waals surface area contributed by atoms with Crippen LogP contribution in [0.5, 0.6) is 0 Å². The van der Waals surface area contributed by atoms with E-state index in [0.717, 1.165) is 17.8 Å². The average molecular weight is 325 g/mol. The van der Waals surface area contributed by atoms with Gasteiger partial charge in [-0.15, -0.1) is 11.3 Å². The summed E-state index contributed by atoms with van der Waals surface area (Å²) in [6.07, 6.45) is 1.24. The molecule has 23 heavy (non-hydrogen) atoms. The van der Waals surface area contributed by atoms with Crippen molar-refractivity contribution < 1.29 is 4.79 Å². The lowest BCUT2D eigenvalue weighted by Crippen LogP contribution is -2.15. The smallest absolute Gasteiger partial charge is 0.225 e. The highest BCUT2D eigenvalue weighted by Gasteiger charge is 2.11. The van der Waals surface area contributed by atoms with Crippen molar-refractivity contribution in [1.29, 1.82) is 0 Å². The maximum atomic E-state index is 12.2. The van der Waals surface area contributed by atoms with Crippen LogP contribution in [0.4, 0.5) is 5.82 Å². The maximum absolute atomic E-state index is 12.2. The Bertz CT molecular complexity index is 788. The monoisotopic (exact) mass is 325 g/mol. The van der Waals surface area contributed by atoms with Crippen molar-refractivity contribution in [1.82, 2.24) is 9.78 Å². The fourth-order valence-corrected chi connectivity index (χ4v) is 3.08. The van der Waals surface area contributed by atoms with Crippen molar-refractivity contribution in [2.45, 2.75) is 26.7 Å². The molecule has 0 aliphatic heterocycles. The topological polar surface area (TPSA) is 46.9 Å². The van der Waals surface area contributed by atoms with Gasteiger partial charge in [0.15, 0.2) is 0 Å². The molecule has 0 unspecified atom stereocenters. The van der Waals surface area contributed by atoms with Gasteiger partial charge in [0, 0.05) is 17.4 Å². The Labute approximate surface area is 139 Å². The fourth-order valence-electron chi connectivity index (χ4n) is 2.37. The lowest BCUT2D eigenvalue weighted by atomic mass is 10.2. The fraction of sp³-hybridized carbons (Fsp3) is 0.222. The van der Waals surface area contributed by atoms with E-state index in [1.165, 1.54) is 10.4 Å². The Morgan fingerprint density at radius 2 is 2.00 bits per heavy atom. The van der Waals surface area contributed by atoms with Crippen LogP contribution in [-0.2, 0) is 11.2 Å². The number of aromatic nitrogens is 2. The standard InChI is InChI=1S/C18H19N3OS/c1-13-5-7-15(8-6-13)21-17(12-14(2)20-21)19-18(22)10-9-16-4-3-11-23-16/h3-8,11-12H,9-10H2,1-2H3,(H,19,22). The predicted octanol–water partition coefficient (Wildman–Crippen LogP) is 4.12. The lowest BCUT2D eigenvalue weighted by Gasteiger charge is -2.09. The summed E-state index contributed by atoms with van der Waals surface area (Å²) in [5, 5.41) is 9.48. The Kier molecular flexibility index (Phi) is 4.57. The molecular weight excluding hydrogens is 306 g/mol. The quantitative estimate of drug-likeness (QED) is 0.767. The van der Waals surface area contributed by atoms with E-state index >= 15 is 0 Å². The Hall–Kier alpha value is -2.40. The van der Waals surface area contributed by atoms with Crippen LogP contribution in [0.1, 0.15) is 22.6 Å². The minimum atomic E-state index is 0.00617. The number of nitrogens with zero attached hydrogens (tertiary/aromatic N) is 2. The zero-order chi connectivity index (χ0) is 16.2. The summed E-state index contributed by atoms with van der Waals surface area (Å²) < 4.78 is 1.78. The van der Waals surface area contributed by atoms with Gasteiger partial charge in [-0.25, -0.2) is 4.68 Å². The molecule has 0 saturated heterocycles. The van der Waals surface area contributed by atoms with E-state index in [9.17, 15) is 4.79 Å². The first-order valence-corrected chi connectivity index (χ1v) is 8.46. The van der Waals surface area contributed by atoms with E-state index in [1.54, 1.807) is 16.0 Å². The summed E-state index contributed by atoms with van der Waals surface area (Å²) in [5.41, 5.74) is 3.01. The summed E-state index contributed by atoms with van der Waals surface area (Å²) in [6.45, 7) is 3.97. The molecule has 3 rings (SSSR count). The molecule has 0 fully saturated rings. The third-order valence-corrected chi connectivity index (χ3v) is 4.49. The van der Waals surface area contributed by atoms with Crippen LogP contribution in [0.25, 0.3) is 5.69 Å². The minimum Gasteiger partial charge on any atom is -0.311 e. The highest BCUT2D eigenvalue weighted by atomic mass is 32.1. The Morgan fingerprint density at radius 3 is 2.70 bits per heavy atom. The Balaban J connectivity index is 1.72. The number of benzene rings is 1. The van der Waals surface area contributed by atoms with Crippen LogP contribution in [-0.4, -0.2) is 15.7 Å². The van der Waals surface area contributed by atoms with Crippen LogP contribution >= 0.6 is 11.3 Å². The minimum absolute atomic E-state index is 0.00617. The number of carbonyl (C=O) groups is 1. The second-order valence-corrected chi connectivity index (χ2v) is 6.58. The number of anilines is 1. The van der Waals surface area contributed by atoms with Gasteiger partial charge in [-0.05, 0) is 43.8 Å². The summed E-state index contributed by atoms with van der Waals surface area (Å²) in [5.74, 6) is 0.717. The summed E-state index contributed by atoms with van der Waals surface area (Å²) in [7, 11) is 0. The number of nitrogens with one attached hydrogen (secondary N) is 1. The highest BCUT2D eigenvalue weighted by molar-refractivity contribution is 7.09. The van der Waals surface area contributed by atoms with Gasteiger partial charge < -0.3 is 5.32 Å². The SMILES string of the molecule is Cc1ccc(-n2nc(C)cc2NC(=O)CCc2cccs2)cc1. The third-order valence-electron chi connectivity index (χ3n) is 3.56. The predicted molar refractivity (Wildman–Crippen MR) is 94.3 cm³/mol. The van der Waals surface area contributed by atoms with Gasteiger partial charge in [-0.2, -0.15) is 5.10 Å². The third kappa shape index (κ3) is 3.87. The van der Waals surface area contributed by atoms with Crippen molar-refractivity contribution in [3.63, 3.8) is 0 Å². The van der Waals surface area contributed by atoms with Crippen molar-refractivity contribution in [3.8, 4) is 5.69 Å². The summed E-state index contributed by atoms with van der Waals surface area (Å²) in [6, 6.07) is 14.0. The largest absolute Gasteiger partial charge is 0.311 e. The normalized spacial score (nSPS) is 10.7. The van der Waals surface area contributed by atoms with Gasteiger partial charge in [0.25, 0.3) is 0 Å². The van der Waals surface area contributed by atoms with E-state index in [0.29, 0.717) is 12.2 Å². The van der Waals surface area contributed by atoms with Crippen molar-refractivity contribution in [3.05, 3.63) is 64.0 Å². The van der Waals surface area contributed by atoms with Gasteiger partial charge in [-0.1, -0.05) is 23.8 Å². The summed E-state index contributed by atoms with van der Waals surface area (Å²) in [4.78, 5) is 13.4. The molecule has 0 spiro atoms.